The molecule has 1 unspecified atom stereocenters. The van der Waals surface area contributed by atoms with Crippen LogP contribution in [0.15, 0.2) is 36.5 Å². The highest BCUT2D eigenvalue weighted by Gasteiger charge is 2.27. The minimum absolute atomic E-state index is 0.0464. The number of hydrogen-bond donors (Lipinski definition) is 1. The predicted molar refractivity (Wildman–Crippen MR) is 108 cm³/mol. The minimum Gasteiger partial charge on any atom is -0.494 e. The molecule has 0 aliphatic carbocycles. The van der Waals surface area contributed by atoms with Crippen molar-refractivity contribution in [1.29, 1.82) is 0 Å². The summed E-state index contributed by atoms with van der Waals surface area (Å²) in [5.41, 5.74) is 7.44. The number of hydrogen-bond acceptors (Lipinski definition) is 7. The molecule has 1 atom stereocenters. The van der Waals surface area contributed by atoms with E-state index in [1.807, 2.05) is 23.1 Å². The summed E-state index contributed by atoms with van der Waals surface area (Å²) >= 11 is 0. The van der Waals surface area contributed by atoms with Crippen molar-refractivity contribution >= 4 is 28.3 Å². The third kappa shape index (κ3) is 2.89. The second-order valence-electron chi connectivity index (χ2n) is 7.13. The molecular weight excluding hydrogens is 373 g/mol. The van der Waals surface area contributed by atoms with E-state index in [0.717, 1.165) is 24.8 Å². The van der Waals surface area contributed by atoms with Crippen LogP contribution in [-0.4, -0.2) is 44.8 Å². The van der Waals surface area contributed by atoms with E-state index >= 15 is 0 Å². The smallest absolute Gasteiger partial charge is 0.223 e. The summed E-state index contributed by atoms with van der Waals surface area (Å²) in [6, 6.07) is 8.68. The van der Waals surface area contributed by atoms with Crippen molar-refractivity contribution in [1.82, 2.24) is 24.6 Å². The molecule has 0 spiro atoms. The zero-order valence-corrected chi connectivity index (χ0v) is 15.9. The van der Waals surface area contributed by atoms with Crippen LogP contribution in [0.5, 0.6) is 5.75 Å². The van der Waals surface area contributed by atoms with E-state index < -0.39 is 0 Å². The van der Waals surface area contributed by atoms with E-state index in [1.54, 1.807) is 23.9 Å². The van der Waals surface area contributed by atoms with E-state index in [2.05, 4.69) is 15.1 Å². The van der Waals surface area contributed by atoms with Crippen molar-refractivity contribution in [3.05, 3.63) is 48.2 Å². The topological polar surface area (TPSA) is 94.5 Å². The molecule has 1 aliphatic rings. The Kier molecular flexibility index (Phi) is 4.15. The van der Waals surface area contributed by atoms with Crippen molar-refractivity contribution in [2.75, 3.05) is 30.8 Å². The van der Waals surface area contributed by atoms with Crippen molar-refractivity contribution in [2.45, 2.75) is 18.8 Å². The van der Waals surface area contributed by atoms with Crippen LogP contribution in [0.25, 0.3) is 16.6 Å². The number of para-hydroxylation sites is 1. The first-order valence-corrected chi connectivity index (χ1v) is 9.50. The minimum atomic E-state index is -0.317. The summed E-state index contributed by atoms with van der Waals surface area (Å²) in [5.74, 6) is 1.66. The van der Waals surface area contributed by atoms with Gasteiger partial charge in [-0.3, -0.25) is 0 Å². The second kappa shape index (κ2) is 6.84. The number of piperidine rings is 1. The highest BCUT2D eigenvalue weighted by atomic mass is 19.1. The maximum Gasteiger partial charge on any atom is 0.223 e. The molecular formula is C20H20FN7O. The van der Waals surface area contributed by atoms with E-state index in [0.29, 0.717) is 35.1 Å². The van der Waals surface area contributed by atoms with Gasteiger partial charge in [-0.05, 0) is 37.1 Å². The van der Waals surface area contributed by atoms with Crippen LogP contribution in [0.4, 0.5) is 16.2 Å². The number of fused-ring (bicyclic) bond motifs is 3. The zero-order valence-electron chi connectivity index (χ0n) is 15.9. The quantitative estimate of drug-likeness (QED) is 0.572. The first kappa shape index (κ1) is 17.6. The molecule has 1 aliphatic heterocycles. The molecule has 1 aromatic carbocycles. The molecule has 0 amide bonds. The van der Waals surface area contributed by atoms with Crippen molar-refractivity contribution in [2.24, 2.45) is 0 Å². The van der Waals surface area contributed by atoms with E-state index in [9.17, 15) is 4.39 Å². The Morgan fingerprint density at radius 1 is 1.21 bits per heavy atom. The SMILES string of the molecule is COc1cccc2c1nc(N)n1nc(C3CCCN(c4ncccc4F)C3)nc21. The molecule has 1 fully saturated rings. The lowest BCUT2D eigenvalue weighted by Gasteiger charge is -2.32. The van der Waals surface area contributed by atoms with Gasteiger partial charge in [-0.25, -0.2) is 19.3 Å². The number of nitrogen functional groups attached to an aromatic ring is 1. The van der Waals surface area contributed by atoms with Gasteiger partial charge in [-0.15, -0.1) is 5.10 Å². The van der Waals surface area contributed by atoms with Crippen LogP contribution in [0, 0.1) is 5.82 Å². The lowest BCUT2D eigenvalue weighted by Crippen LogP contribution is -2.36. The Labute approximate surface area is 166 Å². The first-order chi connectivity index (χ1) is 14.2. The fraction of sp³-hybridized carbons (Fsp3) is 0.300. The van der Waals surface area contributed by atoms with Crippen LogP contribution >= 0.6 is 0 Å². The zero-order chi connectivity index (χ0) is 20.0. The largest absolute Gasteiger partial charge is 0.494 e. The maximum atomic E-state index is 14.2. The number of pyridine rings is 1. The van der Waals surface area contributed by atoms with E-state index in [1.165, 1.54) is 6.07 Å². The Bertz CT molecular complexity index is 1210. The fourth-order valence-corrected chi connectivity index (χ4v) is 3.97. The van der Waals surface area contributed by atoms with Gasteiger partial charge >= 0.3 is 0 Å². The van der Waals surface area contributed by atoms with Crippen LogP contribution in [0.3, 0.4) is 0 Å². The molecule has 3 aromatic heterocycles. The van der Waals surface area contributed by atoms with Gasteiger partial charge in [0, 0.05) is 30.6 Å². The lowest BCUT2D eigenvalue weighted by atomic mass is 9.97. The molecule has 8 nitrogen and oxygen atoms in total. The molecule has 0 radical (unpaired) electrons. The summed E-state index contributed by atoms with van der Waals surface area (Å²) in [7, 11) is 1.60. The second-order valence-corrected chi connectivity index (χ2v) is 7.13. The number of anilines is 2. The average Bonchev–Trinajstić information content (AvgIpc) is 3.20. The highest BCUT2D eigenvalue weighted by molar-refractivity contribution is 5.95. The van der Waals surface area contributed by atoms with E-state index in [-0.39, 0.29) is 17.7 Å². The van der Waals surface area contributed by atoms with Gasteiger partial charge in [0.05, 0.1) is 7.11 Å². The van der Waals surface area contributed by atoms with Gasteiger partial charge in [0.25, 0.3) is 0 Å². The van der Waals surface area contributed by atoms with Gasteiger partial charge < -0.3 is 15.4 Å². The van der Waals surface area contributed by atoms with Crippen molar-refractivity contribution in [3.63, 3.8) is 0 Å². The first-order valence-electron chi connectivity index (χ1n) is 9.50. The van der Waals surface area contributed by atoms with Gasteiger partial charge in [0.1, 0.15) is 11.3 Å². The van der Waals surface area contributed by atoms with Crippen LogP contribution in [0.1, 0.15) is 24.6 Å². The monoisotopic (exact) mass is 393 g/mol. The Morgan fingerprint density at radius 3 is 2.93 bits per heavy atom. The Balaban J connectivity index is 1.56. The molecule has 2 N–H and O–H groups in total. The Morgan fingerprint density at radius 2 is 2.10 bits per heavy atom. The number of nitrogens with two attached hydrogens (primary N) is 1. The number of benzene rings is 1. The molecule has 4 heterocycles. The molecule has 4 aromatic rings. The van der Waals surface area contributed by atoms with Gasteiger partial charge in [-0.2, -0.15) is 4.52 Å². The van der Waals surface area contributed by atoms with Gasteiger partial charge in [0.15, 0.2) is 23.1 Å². The summed E-state index contributed by atoms with van der Waals surface area (Å²) in [5, 5.41) is 5.45. The molecule has 29 heavy (non-hydrogen) atoms. The van der Waals surface area contributed by atoms with E-state index in [4.69, 9.17) is 15.5 Å². The highest BCUT2D eigenvalue weighted by Crippen LogP contribution is 2.31. The molecule has 0 saturated carbocycles. The standard InChI is InChI=1S/C20H20FN7O/c1-29-15-8-2-6-13-16(15)24-20(22)28-18(13)25-17(26-28)12-5-4-10-27(11-12)19-14(21)7-3-9-23-19/h2-3,6-9,12H,4-5,10-11H2,1H3,(H2,22,24). The molecule has 1 saturated heterocycles. The summed E-state index contributed by atoms with van der Waals surface area (Å²) in [4.78, 5) is 15.4. The number of halogens is 1. The summed E-state index contributed by atoms with van der Waals surface area (Å²) in [6.07, 6.45) is 3.42. The number of aromatic nitrogens is 5. The maximum absolute atomic E-state index is 14.2. The number of ether oxygens (including phenoxy) is 1. The average molecular weight is 393 g/mol. The molecule has 9 heteroatoms. The number of methoxy groups -OCH3 is 1. The number of rotatable bonds is 3. The van der Waals surface area contributed by atoms with Crippen LogP contribution in [0.2, 0.25) is 0 Å². The predicted octanol–water partition coefficient (Wildman–Crippen LogP) is 2.79. The van der Waals surface area contributed by atoms with Crippen LogP contribution in [-0.2, 0) is 0 Å². The summed E-state index contributed by atoms with van der Waals surface area (Å²) < 4.78 is 21.2. The summed E-state index contributed by atoms with van der Waals surface area (Å²) in [6.45, 7) is 1.35. The third-order valence-corrected chi connectivity index (χ3v) is 5.35. The third-order valence-electron chi connectivity index (χ3n) is 5.35. The van der Waals surface area contributed by atoms with Crippen molar-refractivity contribution < 1.29 is 9.13 Å². The molecule has 148 valence electrons. The normalized spacial score (nSPS) is 17.2. The molecule has 0 bridgehead atoms. The van der Waals surface area contributed by atoms with Gasteiger partial charge in [0.2, 0.25) is 5.95 Å². The number of nitrogens with zero attached hydrogens (tertiary/aromatic N) is 6. The van der Waals surface area contributed by atoms with Crippen molar-refractivity contribution in [3.8, 4) is 5.75 Å². The lowest BCUT2D eigenvalue weighted by molar-refractivity contribution is 0.419. The Hall–Kier alpha value is -3.49. The van der Waals surface area contributed by atoms with Crippen LogP contribution < -0.4 is 15.4 Å². The molecule has 5 rings (SSSR count). The fourth-order valence-electron chi connectivity index (χ4n) is 3.97. The van der Waals surface area contributed by atoms with Gasteiger partial charge in [-0.1, -0.05) is 6.07 Å².